The lowest BCUT2D eigenvalue weighted by Gasteiger charge is -2.05. The van der Waals surface area contributed by atoms with E-state index in [2.05, 4.69) is 9.97 Å². The summed E-state index contributed by atoms with van der Waals surface area (Å²) in [5, 5.41) is 8.85. The summed E-state index contributed by atoms with van der Waals surface area (Å²) in [6, 6.07) is 5.00. The van der Waals surface area contributed by atoms with Crippen molar-refractivity contribution < 1.29 is 9.90 Å². The Balaban J connectivity index is 2.56. The van der Waals surface area contributed by atoms with E-state index in [1.807, 2.05) is 0 Å². The number of carboxylic acids is 1. The van der Waals surface area contributed by atoms with E-state index in [-0.39, 0.29) is 5.56 Å². The van der Waals surface area contributed by atoms with Crippen molar-refractivity contribution >= 4 is 11.8 Å². The second-order valence-electron chi connectivity index (χ2n) is 3.20. The first kappa shape index (κ1) is 10.1. The SMILES string of the molecule is Nc1ncc(C(=O)O)cc1-c1ccncc1. The van der Waals surface area contributed by atoms with Crippen molar-refractivity contribution in [3.63, 3.8) is 0 Å². The van der Waals surface area contributed by atoms with Gasteiger partial charge in [0.05, 0.1) is 5.56 Å². The number of carbonyl (C=O) groups is 1. The zero-order chi connectivity index (χ0) is 11.5. The third kappa shape index (κ3) is 1.83. The van der Waals surface area contributed by atoms with Crippen molar-refractivity contribution in [2.45, 2.75) is 0 Å². The molecule has 2 aromatic heterocycles. The number of nitrogens with two attached hydrogens (primary N) is 1. The van der Waals surface area contributed by atoms with Crippen LogP contribution in [-0.4, -0.2) is 21.0 Å². The molecule has 0 saturated heterocycles. The fourth-order valence-corrected chi connectivity index (χ4v) is 1.35. The molecule has 0 spiro atoms. The van der Waals surface area contributed by atoms with Gasteiger partial charge in [-0.1, -0.05) is 0 Å². The average Bonchev–Trinajstić information content (AvgIpc) is 2.30. The molecule has 0 radical (unpaired) electrons. The Bertz CT molecular complexity index is 526. The Morgan fingerprint density at radius 2 is 2.00 bits per heavy atom. The van der Waals surface area contributed by atoms with Crippen LogP contribution in [0.5, 0.6) is 0 Å². The van der Waals surface area contributed by atoms with Crippen LogP contribution in [0.1, 0.15) is 10.4 Å². The molecule has 0 aliphatic carbocycles. The Hall–Kier alpha value is -2.43. The summed E-state index contributed by atoms with van der Waals surface area (Å²) in [5.74, 6) is -0.723. The summed E-state index contributed by atoms with van der Waals surface area (Å²) in [4.78, 5) is 18.5. The first-order valence-electron chi connectivity index (χ1n) is 4.57. The predicted octanol–water partition coefficient (Wildman–Crippen LogP) is 1.42. The van der Waals surface area contributed by atoms with Crippen LogP contribution in [0.3, 0.4) is 0 Å². The number of hydrogen-bond acceptors (Lipinski definition) is 4. The summed E-state index contributed by atoms with van der Waals surface area (Å²) < 4.78 is 0. The van der Waals surface area contributed by atoms with Gasteiger partial charge in [-0.25, -0.2) is 9.78 Å². The number of aromatic nitrogens is 2. The van der Waals surface area contributed by atoms with Crippen LogP contribution < -0.4 is 5.73 Å². The molecule has 0 amide bonds. The first-order valence-corrected chi connectivity index (χ1v) is 4.57. The maximum atomic E-state index is 10.8. The highest BCUT2D eigenvalue weighted by atomic mass is 16.4. The van der Waals surface area contributed by atoms with Crippen molar-refractivity contribution in [2.75, 3.05) is 5.73 Å². The number of nitrogen functional groups attached to an aromatic ring is 1. The molecule has 5 heteroatoms. The minimum absolute atomic E-state index is 0.112. The smallest absolute Gasteiger partial charge is 0.337 e. The van der Waals surface area contributed by atoms with Gasteiger partial charge in [-0.15, -0.1) is 0 Å². The van der Waals surface area contributed by atoms with E-state index in [1.54, 1.807) is 24.5 Å². The number of carboxylic acid groups (broad SMARTS) is 1. The molecular weight excluding hydrogens is 206 g/mol. The molecule has 2 aromatic rings. The third-order valence-corrected chi connectivity index (χ3v) is 2.16. The van der Waals surface area contributed by atoms with Gasteiger partial charge in [0, 0.05) is 24.2 Å². The summed E-state index contributed by atoms with van der Waals surface area (Å²) in [6.45, 7) is 0. The predicted molar refractivity (Wildman–Crippen MR) is 58.8 cm³/mol. The van der Waals surface area contributed by atoms with Crippen LogP contribution in [-0.2, 0) is 0 Å². The second-order valence-corrected chi connectivity index (χ2v) is 3.20. The number of aromatic carboxylic acids is 1. The van der Waals surface area contributed by atoms with E-state index in [4.69, 9.17) is 10.8 Å². The number of rotatable bonds is 2. The standard InChI is InChI=1S/C11H9N3O2/c12-10-9(7-1-3-13-4-2-7)5-8(6-14-10)11(15)16/h1-6H,(H2,12,14)(H,15,16). The maximum Gasteiger partial charge on any atom is 0.337 e. The van der Waals surface area contributed by atoms with E-state index in [0.29, 0.717) is 11.4 Å². The molecule has 0 unspecified atom stereocenters. The third-order valence-electron chi connectivity index (χ3n) is 2.16. The van der Waals surface area contributed by atoms with E-state index in [0.717, 1.165) is 5.56 Å². The van der Waals surface area contributed by atoms with Crippen molar-refractivity contribution in [2.24, 2.45) is 0 Å². The molecule has 5 nitrogen and oxygen atoms in total. The molecular formula is C11H9N3O2. The van der Waals surface area contributed by atoms with Crippen molar-refractivity contribution in [1.82, 2.24) is 9.97 Å². The van der Waals surface area contributed by atoms with Crippen LogP contribution in [0.15, 0.2) is 36.8 Å². The molecule has 3 N–H and O–H groups in total. The quantitative estimate of drug-likeness (QED) is 0.790. The van der Waals surface area contributed by atoms with Crippen molar-refractivity contribution in [1.29, 1.82) is 0 Å². The molecule has 0 atom stereocenters. The normalized spacial score (nSPS) is 10.0. The average molecular weight is 215 g/mol. The number of pyridine rings is 2. The minimum Gasteiger partial charge on any atom is -0.478 e. The van der Waals surface area contributed by atoms with Crippen LogP contribution >= 0.6 is 0 Å². The van der Waals surface area contributed by atoms with Gasteiger partial charge in [-0.3, -0.25) is 4.98 Å². The minimum atomic E-state index is -1.03. The lowest BCUT2D eigenvalue weighted by atomic mass is 10.1. The maximum absolute atomic E-state index is 10.8. The number of anilines is 1. The Morgan fingerprint density at radius 3 is 2.62 bits per heavy atom. The van der Waals surface area contributed by atoms with Gasteiger partial charge in [0.2, 0.25) is 0 Å². The summed E-state index contributed by atoms with van der Waals surface area (Å²) in [5.41, 5.74) is 7.20. The zero-order valence-corrected chi connectivity index (χ0v) is 8.29. The molecule has 0 fully saturated rings. The number of hydrogen-bond donors (Lipinski definition) is 2. The lowest BCUT2D eigenvalue weighted by molar-refractivity contribution is 0.0696. The van der Waals surface area contributed by atoms with Gasteiger partial charge in [0.1, 0.15) is 5.82 Å². The first-order chi connectivity index (χ1) is 7.68. The van der Waals surface area contributed by atoms with Gasteiger partial charge in [-0.2, -0.15) is 0 Å². The molecule has 0 aliphatic rings. The molecule has 0 bridgehead atoms. The Kier molecular flexibility index (Phi) is 2.51. The van der Waals surface area contributed by atoms with Crippen LogP contribution in [0.2, 0.25) is 0 Å². The molecule has 2 heterocycles. The van der Waals surface area contributed by atoms with Gasteiger partial charge in [0.15, 0.2) is 0 Å². The molecule has 0 aliphatic heterocycles. The van der Waals surface area contributed by atoms with Crippen LogP contribution in [0, 0.1) is 0 Å². The highest BCUT2D eigenvalue weighted by Crippen LogP contribution is 2.24. The molecule has 0 saturated carbocycles. The topological polar surface area (TPSA) is 89.1 Å². The molecule has 2 rings (SSSR count). The fraction of sp³-hybridized carbons (Fsp3) is 0. The Labute approximate surface area is 91.6 Å². The zero-order valence-electron chi connectivity index (χ0n) is 8.29. The highest BCUT2D eigenvalue weighted by molar-refractivity contribution is 5.90. The summed E-state index contributed by atoms with van der Waals surface area (Å²) in [7, 11) is 0. The van der Waals surface area contributed by atoms with Gasteiger partial charge >= 0.3 is 5.97 Å². The lowest BCUT2D eigenvalue weighted by Crippen LogP contribution is -2.01. The van der Waals surface area contributed by atoms with E-state index >= 15 is 0 Å². The van der Waals surface area contributed by atoms with Crippen LogP contribution in [0.4, 0.5) is 5.82 Å². The highest BCUT2D eigenvalue weighted by Gasteiger charge is 2.09. The monoisotopic (exact) mass is 215 g/mol. The van der Waals surface area contributed by atoms with Crippen molar-refractivity contribution in [3.05, 3.63) is 42.4 Å². The largest absolute Gasteiger partial charge is 0.478 e. The molecule has 80 valence electrons. The van der Waals surface area contributed by atoms with Gasteiger partial charge < -0.3 is 10.8 Å². The molecule has 0 aromatic carbocycles. The van der Waals surface area contributed by atoms with E-state index in [1.165, 1.54) is 12.3 Å². The Morgan fingerprint density at radius 1 is 1.31 bits per heavy atom. The van der Waals surface area contributed by atoms with Crippen LogP contribution in [0.25, 0.3) is 11.1 Å². The van der Waals surface area contributed by atoms with Gasteiger partial charge in [-0.05, 0) is 23.8 Å². The van der Waals surface area contributed by atoms with E-state index in [9.17, 15) is 4.79 Å². The summed E-state index contributed by atoms with van der Waals surface area (Å²) in [6.07, 6.45) is 4.47. The van der Waals surface area contributed by atoms with Gasteiger partial charge in [0.25, 0.3) is 0 Å². The van der Waals surface area contributed by atoms with Crippen molar-refractivity contribution in [3.8, 4) is 11.1 Å². The second kappa shape index (κ2) is 3.98. The van der Waals surface area contributed by atoms with E-state index < -0.39 is 5.97 Å². The number of nitrogens with zero attached hydrogens (tertiary/aromatic N) is 2. The fourth-order valence-electron chi connectivity index (χ4n) is 1.35. The molecule has 16 heavy (non-hydrogen) atoms. The summed E-state index contributed by atoms with van der Waals surface area (Å²) >= 11 is 0.